The molecule has 0 aliphatic rings. The van der Waals surface area contributed by atoms with Gasteiger partial charge in [-0.25, -0.2) is 4.79 Å². The van der Waals surface area contributed by atoms with E-state index in [1.54, 1.807) is 13.0 Å². The Kier molecular flexibility index (Phi) is 5.35. The number of amides is 1. The van der Waals surface area contributed by atoms with E-state index in [0.717, 1.165) is 0 Å². The van der Waals surface area contributed by atoms with E-state index in [2.05, 4.69) is 10.1 Å². The van der Waals surface area contributed by atoms with Crippen LogP contribution < -0.4 is 5.32 Å². The summed E-state index contributed by atoms with van der Waals surface area (Å²) >= 11 is 0. The van der Waals surface area contributed by atoms with E-state index < -0.39 is 6.09 Å². The van der Waals surface area contributed by atoms with Gasteiger partial charge in [0.1, 0.15) is 0 Å². The zero-order valence-electron chi connectivity index (χ0n) is 6.79. The molecule has 1 N–H and O–H groups in total. The third-order valence-electron chi connectivity index (χ3n) is 0.982. The topological polar surface area (TPSA) is 79.2 Å². The molecule has 0 radical (unpaired) electrons. The van der Waals surface area contributed by atoms with E-state index in [-0.39, 0.29) is 25.4 Å². The molecule has 5 nitrogen and oxygen atoms in total. The predicted octanol–water partition coefficient (Wildman–Crippen LogP) is 0.215. The van der Waals surface area contributed by atoms with Crippen LogP contribution >= 0.6 is 0 Å². The number of ketones is 1. The monoisotopic (exact) mass is 170 g/mol. The van der Waals surface area contributed by atoms with Gasteiger partial charge in [-0.3, -0.25) is 4.79 Å². The molecule has 0 aromatic heterocycles. The molecule has 0 aliphatic carbocycles. The highest BCUT2D eigenvalue weighted by Crippen LogP contribution is 1.80. The lowest BCUT2D eigenvalue weighted by molar-refractivity contribution is -0.117. The average molecular weight is 170 g/mol. The van der Waals surface area contributed by atoms with Crippen LogP contribution in [0.3, 0.4) is 0 Å². The molecule has 0 saturated carbocycles. The van der Waals surface area contributed by atoms with Crippen molar-refractivity contribution in [1.29, 1.82) is 5.26 Å². The largest absolute Gasteiger partial charge is 0.450 e. The Labute approximate surface area is 70.3 Å². The molecule has 0 rings (SSSR count). The number of ether oxygens (including phenoxy) is 1. The number of nitriles is 1. The normalized spacial score (nSPS) is 8.33. The second-order valence-electron chi connectivity index (χ2n) is 1.95. The highest BCUT2D eigenvalue weighted by atomic mass is 16.5. The highest BCUT2D eigenvalue weighted by molar-refractivity contribution is 5.85. The number of rotatable bonds is 4. The van der Waals surface area contributed by atoms with E-state index in [1.165, 1.54) is 0 Å². The van der Waals surface area contributed by atoms with Crippen LogP contribution in [0.4, 0.5) is 4.79 Å². The molecule has 12 heavy (non-hydrogen) atoms. The SMILES string of the molecule is CCOC(=O)NCC(=O)CC#N. The molecule has 0 aromatic rings. The van der Waals surface area contributed by atoms with E-state index >= 15 is 0 Å². The Morgan fingerprint density at radius 2 is 2.25 bits per heavy atom. The van der Waals surface area contributed by atoms with Crippen molar-refractivity contribution in [2.45, 2.75) is 13.3 Å². The summed E-state index contributed by atoms with van der Waals surface area (Å²) < 4.78 is 4.49. The summed E-state index contributed by atoms with van der Waals surface area (Å²) in [5.41, 5.74) is 0. The number of nitrogens with one attached hydrogen (secondary N) is 1. The summed E-state index contributed by atoms with van der Waals surface area (Å²) in [6, 6.07) is 1.68. The standard InChI is InChI=1S/C7H10N2O3/c1-2-12-7(11)9-5-6(10)3-4-8/h2-3,5H2,1H3,(H,9,11). The number of hydrogen-bond donors (Lipinski definition) is 1. The van der Waals surface area contributed by atoms with Crippen LogP contribution in [0, 0.1) is 11.3 Å². The van der Waals surface area contributed by atoms with Crippen LogP contribution in [0.15, 0.2) is 0 Å². The Bertz CT molecular complexity index is 207. The first kappa shape index (κ1) is 10.4. The van der Waals surface area contributed by atoms with Crippen LogP contribution in [0.1, 0.15) is 13.3 Å². The van der Waals surface area contributed by atoms with Gasteiger partial charge < -0.3 is 10.1 Å². The number of hydrogen-bond acceptors (Lipinski definition) is 4. The first-order chi connectivity index (χ1) is 5.70. The van der Waals surface area contributed by atoms with Crippen molar-refractivity contribution in [3.8, 4) is 6.07 Å². The van der Waals surface area contributed by atoms with Gasteiger partial charge in [0.15, 0.2) is 5.78 Å². The van der Waals surface area contributed by atoms with Gasteiger partial charge in [-0.15, -0.1) is 0 Å². The van der Waals surface area contributed by atoms with Crippen LogP contribution in [0.25, 0.3) is 0 Å². The summed E-state index contributed by atoms with van der Waals surface area (Å²) in [6.45, 7) is 1.78. The Morgan fingerprint density at radius 3 is 2.75 bits per heavy atom. The second kappa shape index (κ2) is 6.16. The molecule has 0 bridgehead atoms. The first-order valence-electron chi connectivity index (χ1n) is 3.50. The van der Waals surface area contributed by atoms with E-state index in [4.69, 9.17) is 5.26 Å². The molecular weight excluding hydrogens is 160 g/mol. The van der Waals surface area contributed by atoms with Gasteiger partial charge in [0.2, 0.25) is 0 Å². The fourth-order valence-corrected chi connectivity index (χ4v) is 0.504. The maximum Gasteiger partial charge on any atom is 0.407 e. The van der Waals surface area contributed by atoms with Crippen molar-refractivity contribution < 1.29 is 14.3 Å². The fraction of sp³-hybridized carbons (Fsp3) is 0.571. The zero-order valence-corrected chi connectivity index (χ0v) is 6.79. The van der Waals surface area contributed by atoms with Crippen LogP contribution in [0.2, 0.25) is 0 Å². The van der Waals surface area contributed by atoms with Gasteiger partial charge in [-0.05, 0) is 6.92 Å². The number of carbonyl (C=O) groups excluding carboxylic acids is 2. The van der Waals surface area contributed by atoms with Gasteiger partial charge in [0.25, 0.3) is 0 Å². The molecule has 0 aromatic carbocycles. The molecule has 0 spiro atoms. The third kappa shape index (κ3) is 5.23. The fourth-order valence-electron chi connectivity index (χ4n) is 0.504. The molecular formula is C7H10N2O3. The Balaban J connectivity index is 3.48. The molecule has 66 valence electrons. The number of Topliss-reactive ketones (excluding diaryl/α,β-unsaturated/α-hetero) is 1. The lowest BCUT2D eigenvalue weighted by Crippen LogP contribution is -2.29. The number of alkyl carbamates (subject to hydrolysis) is 1. The Morgan fingerprint density at radius 1 is 1.58 bits per heavy atom. The minimum absolute atomic E-state index is 0.146. The molecule has 1 amide bonds. The first-order valence-corrected chi connectivity index (χ1v) is 3.50. The van der Waals surface area contributed by atoms with E-state index in [1.807, 2.05) is 0 Å². The summed E-state index contributed by atoms with van der Waals surface area (Å²) in [4.78, 5) is 21.2. The molecule has 0 aliphatic heterocycles. The van der Waals surface area contributed by atoms with Crippen molar-refractivity contribution in [3.05, 3.63) is 0 Å². The average Bonchev–Trinajstić information content (AvgIpc) is 2.02. The Hall–Kier alpha value is -1.57. The van der Waals surface area contributed by atoms with Gasteiger partial charge in [0.05, 0.1) is 25.6 Å². The maximum atomic E-state index is 10.7. The number of nitrogens with zero attached hydrogens (tertiary/aromatic N) is 1. The van der Waals surface area contributed by atoms with Gasteiger partial charge in [0, 0.05) is 0 Å². The molecule has 0 heterocycles. The number of carbonyl (C=O) groups is 2. The zero-order chi connectivity index (χ0) is 9.40. The van der Waals surface area contributed by atoms with Crippen molar-refractivity contribution in [1.82, 2.24) is 5.32 Å². The minimum Gasteiger partial charge on any atom is -0.450 e. The minimum atomic E-state index is -0.635. The second-order valence-corrected chi connectivity index (χ2v) is 1.95. The van der Waals surface area contributed by atoms with Crippen molar-refractivity contribution in [2.75, 3.05) is 13.2 Å². The summed E-state index contributed by atoms with van der Waals surface area (Å²) in [5.74, 6) is -0.328. The summed E-state index contributed by atoms with van der Waals surface area (Å²) in [6.07, 6.45) is -0.823. The van der Waals surface area contributed by atoms with Gasteiger partial charge >= 0.3 is 6.09 Å². The summed E-state index contributed by atoms with van der Waals surface area (Å²) in [5, 5.41) is 10.3. The van der Waals surface area contributed by atoms with E-state index in [0.29, 0.717) is 0 Å². The van der Waals surface area contributed by atoms with Crippen LogP contribution in [-0.4, -0.2) is 25.0 Å². The third-order valence-corrected chi connectivity index (χ3v) is 0.982. The molecule has 5 heteroatoms. The lowest BCUT2D eigenvalue weighted by atomic mass is 10.3. The van der Waals surface area contributed by atoms with E-state index in [9.17, 15) is 9.59 Å². The maximum absolute atomic E-state index is 10.7. The molecule has 0 fully saturated rings. The summed E-state index contributed by atoms with van der Waals surface area (Å²) in [7, 11) is 0. The van der Waals surface area contributed by atoms with Gasteiger partial charge in [-0.2, -0.15) is 5.26 Å². The van der Waals surface area contributed by atoms with Gasteiger partial charge in [-0.1, -0.05) is 0 Å². The molecule has 0 saturated heterocycles. The van der Waals surface area contributed by atoms with Crippen molar-refractivity contribution >= 4 is 11.9 Å². The smallest absolute Gasteiger partial charge is 0.407 e. The van der Waals surface area contributed by atoms with Crippen LogP contribution in [0.5, 0.6) is 0 Å². The molecule has 0 unspecified atom stereocenters. The predicted molar refractivity (Wildman–Crippen MR) is 40.3 cm³/mol. The van der Waals surface area contributed by atoms with Crippen molar-refractivity contribution in [3.63, 3.8) is 0 Å². The quantitative estimate of drug-likeness (QED) is 0.654. The lowest BCUT2D eigenvalue weighted by Gasteiger charge is -2.01. The highest BCUT2D eigenvalue weighted by Gasteiger charge is 2.04. The van der Waals surface area contributed by atoms with Crippen molar-refractivity contribution in [2.24, 2.45) is 0 Å². The van der Waals surface area contributed by atoms with Crippen LogP contribution in [-0.2, 0) is 9.53 Å². The molecule has 0 atom stereocenters.